The van der Waals surface area contributed by atoms with Crippen molar-refractivity contribution in [3.63, 3.8) is 0 Å². The molecule has 0 aliphatic heterocycles. The fourth-order valence-electron chi connectivity index (χ4n) is 1.55. The Morgan fingerprint density at radius 3 is 2.68 bits per heavy atom. The van der Waals surface area contributed by atoms with Gasteiger partial charge in [-0.1, -0.05) is 18.5 Å². The highest BCUT2D eigenvalue weighted by Gasteiger charge is 2.16. The van der Waals surface area contributed by atoms with Crippen LogP contribution in [0.4, 0.5) is 10.8 Å². The molecule has 2 aromatic rings. The summed E-state index contributed by atoms with van der Waals surface area (Å²) in [5.74, 6) is 4.76. The Hall–Kier alpha value is -1.63. The summed E-state index contributed by atoms with van der Waals surface area (Å²) in [6.07, 6.45) is 0.725. The molecule has 1 aromatic heterocycles. The second-order valence-electron chi connectivity index (χ2n) is 3.75. The summed E-state index contributed by atoms with van der Waals surface area (Å²) >= 11 is 7.25. The summed E-state index contributed by atoms with van der Waals surface area (Å²) in [4.78, 5) is 16.7. The van der Waals surface area contributed by atoms with Crippen LogP contribution in [0.1, 0.15) is 22.3 Å². The highest BCUT2D eigenvalue weighted by Crippen LogP contribution is 2.27. The molecular formula is C12H13ClN4OS. The first-order chi connectivity index (χ1) is 9.13. The summed E-state index contributed by atoms with van der Waals surface area (Å²) in [7, 11) is 0. The molecule has 0 saturated carbocycles. The van der Waals surface area contributed by atoms with Gasteiger partial charge in [-0.05, 0) is 30.7 Å². The monoisotopic (exact) mass is 296 g/mol. The van der Waals surface area contributed by atoms with Crippen molar-refractivity contribution in [3.8, 4) is 0 Å². The van der Waals surface area contributed by atoms with E-state index in [2.05, 4.69) is 15.7 Å². The number of hydrogen-bond donors (Lipinski definition) is 3. The van der Waals surface area contributed by atoms with E-state index in [1.807, 2.05) is 19.1 Å². The minimum atomic E-state index is -0.378. The number of carbonyl (C=O) groups is 1. The number of aromatic nitrogens is 1. The molecule has 4 N–H and O–H groups in total. The van der Waals surface area contributed by atoms with Crippen molar-refractivity contribution >= 4 is 39.7 Å². The molecule has 2 rings (SSSR count). The lowest BCUT2D eigenvalue weighted by atomic mass is 10.3. The molecule has 7 heteroatoms. The first-order valence-electron chi connectivity index (χ1n) is 5.67. The van der Waals surface area contributed by atoms with Crippen LogP contribution in [0, 0.1) is 0 Å². The maximum absolute atomic E-state index is 11.6. The summed E-state index contributed by atoms with van der Waals surface area (Å²) in [6, 6.07) is 7.26. The SMILES string of the molecule is CCc1sc(Nc2ccc(Cl)cc2)nc1C(=O)NN. The minimum absolute atomic E-state index is 0.367. The standard InChI is InChI=1S/C12H13ClN4OS/c1-2-9-10(11(18)17-14)16-12(19-9)15-8-5-3-7(13)4-6-8/h3-6H,2,14H2,1H3,(H,15,16)(H,17,18). The number of hydrogen-bond acceptors (Lipinski definition) is 5. The predicted molar refractivity (Wildman–Crippen MR) is 77.9 cm³/mol. The summed E-state index contributed by atoms with van der Waals surface area (Å²) in [5, 5.41) is 4.45. The van der Waals surface area contributed by atoms with Crippen LogP contribution in [-0.2, 0) is 6.42 Å². The van der Waals surface area contributed by atoms with Crippen molar-refractivity contribution in [3.05, 3.63) is 39.9 Å². The number of amides is 1. The maximum Gasteiger partial charge on any atom is 0.285 e. The Kier molecular flexibility index (Phi) is 4.36. The van der Waals surface area contributed by atoms with Gasteiger partial charge >= 0.3 is 0 Å². The van der Waals surface area contributed by atoms with Crippen LogP contribution in [0.15, 0.2) is 24.3 Å². The topological polar surface area (TPSA) is 80.0 Å². The molecule has 0 atom stereocenters. The van der Waals surface area contributed by atoms with E-state index in [9.17, 15) is 4.79 Å². The van der Waals surface area contributed by atoms with Crippen molar-refractivity contribution < 1.29 is 4.79 Å². The number of anilines is 2. The number of nitrogens with zero attached hydrogens (tertiary/aromatic N) is 1. The van der Waals surface area contributed by atoms with Crippen LogP contribution >= 0.6 is 22.9 Å². The van der Waals surface area contributed by atoms with E-state index >= 15 is 0 Å². The number of nitrogen functional groups attached to an aromatic ring is 1. The van der Waals surface area contributed by atoms with Crippen LogP contribution in [0.2, 0.25) is 5.02 Å². The number of hydrazine groups is 1. The fourth-order valence-corrected chi connectivity index (χ4v) is 2.59. The molecule has 0 unspecified atom stereocenters. The van der Waals surface area contributed by atoms with Gasteiger partial charge in [0.1, 0.15) is 5.69 Å². The molecule has 19 heavy (non-hydrogen) atoms. The first kappa shape index (κ1) is 13.8. The first-order valence-corrected chi connectivity index (χ1v) is 6.86. The molecule has 0 fully saturated rings. The third-order valence-corrected chi connectivity index (χ3v) is 3.83. The molecule has 100 valence electrons. The third-order valence-electron chi connectivity index (χ3n) is 2.46. The second kappa shape index (κ2) is 6.01. The largest absolute Gasteiger partial charge is 0.332 e. The van der Waals surface area contributed by atoms with Crippen LogP contribution in [0.3, 0.4) is 0 Å². The molecule has 0 saturated heterocycles. The normalized spacial score (nSPS) is 10.3. The molecule has 0 aliphatic rings. The highest BCUT2D eigenvalue weighted by molar-refractivity contribution is 7.16. The van der Waals surface area contributed by atoms with Gasteiger partial charge in [-0.25, -0.2) is 10.8 Å². The minimum Gasteiger partial charge on any atom is -0.332 e. The van der Waals surface area contributed by atoms with Crippen molar-refractivity contribution in [1.29, 1.82) is 0 Å². The van der Waals surface area contributed by atoms with E-state index in [-0.39, 0.29) is 5.91 Å². The molecule has 0 bridgehead atoms. The number of aryl methyl sites for hydroxylation is 1. The van der Waals surface area contributed by atoms with Crippen molar-refractivity contribution in [2.45, 2.75) is 13.3 Å². The smallest absolute Gasteiger partial charge is 0.285 e. The van der Waals surface area contributed by atoms with Gasteiger partial charge in [0.15, 0.2) is 5.13 Å². The average molecular weight is 297 g/mol. The van der Waals surface area contributed by atoms with Gasteiger partial charge in [0, 0.05) is 15.6 Å². The zero-order valence-corrected chi connectivity index (χ0v) is 11.8. The maximum atomic E-state index is 11.6. The number of thiazole rings is 1. The predicted octanol–water partition coefficient (Wildman–Crippen LogP) is 2.71. The lowest BCUT2D eigenvalue weighted by Gasteiger charge is -2.01. The fraction of sp³-hybridized carbons (Fsp3) is 0.167. The van der Waals surface area contributed by atoms with E-state index in [0.717, 1.165) is 17.0 Å². The van der Waals surface area contributed by atoms with E-state index in [0.29, 0.717) is 15.8 Å². The molecule has 0 spiro atoms. The van der Waals surface area contributed by atoms with E-state index < -0.39 is 0 Å². The number of nitrogens with one attached hydrogen (secondary N) is 2. The van der Waals surface area contributed by atoms with Crippen molar-refractivity contribution in [2.75, 3.05) is 5.32 Å². The summed E-state index contributed by atoms with van der Waals surface area (Å²) in [6.45, 7) is 1.97. The zero-order valence-electron chi connectivity index (χ0n) is 10.2. The van der Waals surface area contributed by atoms with Gasteiger partial charge in [-0.15, -0.1) is 11.3 Å². The van der Waals surface area contributed by atoms with Gasteiger partial charge in [0.25, 0.3) is 5.91 Å². The molecule has 1 heterocycles. The Labute approximate surface area is 119 Å². The van der Waals surface area contributed by atoms with Crippen LogP contribution in [0.25, 0.3) is 0 Å². The van der Waals surface area contributed by atoms with Crippen LogP contribution < -0.4 is 16.6 Å². The molecule has 0 aliphatic carbocycles. The van der Waals surface area contributed by atoms with Crippen LogP contribution in [0.5, 0.6) is 0 Å². The molecule has 5 nitrogen and oxygen atoms in total. The Balaban J connectivity index is 2.23. The van der Waals surface area contributed by atoms with Gasteiger partial charge in [0.2, 0.25) is 0 Å². The Morgan fingerprint density at radius 2 is 2.11 bits per heavy atom. The van der Waals surface area contributed by atoms with Gasteiger partial charge in [-0.3, -0.25) is 10.2 Å². The quantitative estimate of drug-likeness (QED) is 0.460. The lowest BCUT2D eigenvalue weighted by Crippen LogP contribution is -2.30. The molecule has 0 radical (unpaired) electrons. The average Bonchev–Trinajstić information content (AvgIpc) is 2.83. The number of benzene rings is 1. The van der Waals surface area contributed by atoms with Gasteiger partial charge < -0.3 is 5.32 Å². The van der Waals surface area contributed by atoms with Crippen LogP contribution in [-0.4, -0.2) is 10.9 Å². The van der Waals surface area contributed by atoms with Gasteiger partial charge in [0.05, 0.1) is 0 Å². The summed E-state index contributed by atoms with van der Waals surface area (Å²) in [5.41, 5.74) is 3.33. The highest BCUT2D eigenvalue weighted by atomic mass is 35.5. The van der Waals surface area contributed by atoms with Crippen molar-refractivity contribution in [2.24, 2.45) is 5.84 Å². The molecule has 1 amide bonds. The number of rotatable bonds is 4. The molecular weight excluding hydrogens is 284 g/mol. The lowest BCUT2D eigenvalue weighted by molar-refractivity contribution is 0.0948. The summed E-state index contributed by atoms with van der Waals surface area (Å²) < 4.78 is 0. The third kappa shape index (κ3) is 3.23. The van der Waals surface area contributed by atoms with E-state index in [1.165, 1.54) is 11.3 Å². The van der Waals surface area contributed by atoms with Gasteiger partial charge in [-0.2, -0.15) is 0 Å². The Bertz CT molecular complexity index is 582. The molecule has 1 aromatic carbocycles. The van der Waals surface area contributed by atoms with Crippen molar-refractivity contribution in [1.82, 2.24) is 10.4 Å². The Morgan fingerprint density at radius 1 is 1.42 bits per heavy atom. The van der Waals surface area contributed by atoms with E-state index in [4.69, 9.17) is 17.4 Å². The zero-order chi connectivity index (χ0) is 13.8. The number of nitrogens with two attached hydrogens (primary N) is 1. The second-order valence-corrected chi connectivity index (χ2v) is 5.27. The number of halogens is 1. The number of carbonyl (C=O) groups excluding carboxylic acids is 1. The van der Waals surface area contributed by atoms with E-state index in [1.54, 1.807) is 12.1 Å².